The Labute approximate surface area is 110 Å². The van der Waals surface area contributed by atoms with Gasteiger partial charge in [-0.15, -0.1) is 0 Å². The van der Waals surface area contributed by atoms with Crippen molar-refractivity contribution in [2.45, 2.75) is 18.9 Å². The van der Waals surface area contributed by atoms with Gasteiger partial charge in [0.15, 0.2) is 0 Å². The lowest BCUT2D eigenvalue weighted by atomic mass is 10.0. The predicted octanol–water partition coefficient (Wildman–Crippen LogP) is 0.562. The number of ether oxygens (including phenoxy) is 1. The maximum atomic E-state index is 5.49. The SMILES string of the molecule is CCNC1COCC1c1nc(-c2cnn(C)c2)no1. The van der Waals surface area contributed by atoms with Crippen LogP contribution in [0.25, 0.3) is 11.4 Å². The third-order valence-corrected chi connectivity index (χ3v) is 3.27. The monoisotopic (exact) mass is 263 g/mol. The molecule has 3 heterocycles. The number of nitrogens with zero attached hydrogens (tertiary/aromatic N) is 4. The first kappa shape index (κ1) is 12.3. The normalized spacial score (nSPS) is 23.1. The molecule has 1 aliphatic rings. The van der Waals surface area contributed by atoms with Gasteiger partial charge in [-0.3, -0.25) is 4.68 Å². The zero-order chi connectivity index (χ0) is 13.2. The molecule has 0 aliphatic carbocycles. The van der Waals surface area contributed by atoms with Crippen LogP contribution in [0.2, 0.25) is 0 Å². The van der Waals surface area contributed by atoms with Crippen LogP contribution in [0.1, 0.15) is 18.7 Å². The Balaban J connectivity index is 1.81. The van der Waals surface area contributed by atoms with Crippen LogP contribution in [-0.2, 0) is 11.8 Å². The minimum Gasteiger partial charge on any atom is -0.379 e. The number of hydrogen-bond acceptors (Lipinski definition) is 6. The number of hydrogen-bond donors (Lipinski definition) is 1. The highest BCUT2D eigenvalue weighted by Crippen LogP contribution is 2.26. The van der Waals surface area contributed by atoms with E-state index in [2.05, 4.69) is 27.5 Å². The summed E-state index contributed by atoms with van der Waals surface area (Å²) in [5.74, 6) is 1.32. The fraction of sp³-hybridized carbons (Fsp3) is 0.583. The van der Waals surface area contributed by atoms with E-state index in [1.54, 1.807) is 10.9 Å². The highest BCUT2D eigenvalue weighted by atomic mass is 16.5. The number of likely N-dealkylation sites (N-methyl/N-ethyl adjacent to an activating group) is 1. The van der Waals surface area contributed by atoms with Crippen molar-refractivity contribution in [1.82, 2.24) is 25.2 Å². The summed E-state index contributed by atoms with van der Waals surface area (Å²) >= 11 is 0. The van der Waals surface area contributed by atoms with Gasteiger partial charge in [0.05, 0.1) is 30.9 Å². The van der Waals surface area contributed by atoms with Gasteiger partial charge in [-0.05, 0) is 6.54 Å². The molecule has 0 aromatic carbocycles. The lowest BCUT2D eigenvalue weighted by Gasteiger charge is -2.13. The molecule has 2 atom stereocenters. The van der Waals surface area contributed by atoms with Crippen molar-refractivity contribution in [3.63, 3.8) is 0 Å². The molecule has 1 aliphatic heterocycles. The maximum absolute atomic E-state index is 5.49. The summed E-state index contributed by atoms with van der Waals surface area (Å²) in [7, 11) is 1.86. The number of rotatable bonds is 4. The van der Waals surface area contributed by atoms with Gasteiger partial charge >= 0.3 is 0 Å². The van der Waals surface area contributed by atoms with Gasteiger partial charge in [-0.1, -0.05) is 12.1 Å². The first-order chi connectivity index (χ1) is 9.28. The van der Waals surface area contributed by atoms with E-state index in [9.17, 15) is 0 Å². The van der Waals surface area contributed by atoms with Crippen LogP contribution >= 0.6 is 0 Å². The van der Waals surface area contributed by atoms with Crippen molar-refractivity contribution < 1.29 is 9.26 Å². The van der Waals surface area contributed by atoms with Crippen LogP contribution in [0.3, 0.4) is 0 Å². The van der Waals surface area contributed by atoms with E-state index in [1.165, 1.54) is 0 Å². The van der Waals surface area contributed by atoms with E-state index in [0.717, 1.165) is 12.1 Å². The third-order valence-electron chi connectivity index (χ3n) is 3.27. The van der Waals surface area contributed by atoms with Crippen LogP contribution in [-0.4, -0.2) is 45.7 Å². The second kappa shape index (κ2) is 5.10. The molecule has 2 aromatic rings. The Morgan fingerprint density at radius 3 is 3.11 bits per heavy atom. The van der Waals surface area contributed by atoms with Crippen molar-refractivity contribution in [2.75, 3.05) is 19.8 Å². The average molecular weight is 263 g/mol. The van der Waals surface area contributed by atoms with Crippen LogP contribution in [0.4, 0.5) is 0 Å². The molecule has 2 unspecified atom stereocenters. The molecule has 7 nitrogen and oxygen atoms in total. The molecule has 102 valence electrons. The summed E-state index contributed by atoms with van der Waals surface area (Å²) in [4.78, 5) is 4.46. The Morgan fingerprint density at radius 2 is 2.37 bits per heavy atom. The van der Waals surface area contributed by atoms with Gasteiger partial charge in [0.2, 0.25) is 11.7 Å². The molecule has 3 rings (SSSR count). The van der Waals surface area contributed by atoms with Gasteiger partial charge in [0.25, 0.3) is 0 Å². The standard InChI is InChI=1S/C12H17N5O2/c1-3-13-10-7-18-6-9(10)12-15-11(16-19-12)8-4-14-17(2)5-8/h4-5,9-10,13H,3,6-7H2,1-2H3. The fourth-order valence-corrected chi connectivity index (χ4v) is 2.30. The highest BCUT2D eigenvalue weighted by Gasteiger charge is 2.33. The fourth-order valence-electron chi connectivity index (χ4n) is 2.30. The third kappa shape index (κ3) is 2.39. The van der Waals surface area contributed by atoms with E-state index < -0.39 is 0 Å². The molecule has 7 heteroatoms. The lowest BCUT2D eigenvalue weighted by molar-refractivity contribution is 0.185. The van der Waals surface area contributed by atoms with Crippen molar-refractivity contribution in [1.29, 1.82) is 0 Å². The number of nitrogens with one attached hydrogen (secondary N) is 1. The topological polar surface area (TPSA) is 78.0 Å². The molecule has 0 saturated carbocycles. The highest BCUT2D eigenvalue weighted by molar-refractivity contribution is 5.51. The summed E-state index contributed by atoms with van der Waals surface area (Å²) in [6.45, 7) is 4.27. The second-order valence-corrected chi connectivity index (χ2v) is 4.67. The minimum absolute atomic E-state index is 0.123. The van der Waals surface area contributed by atoms with E-state index >= 15 is 0 Å². The summed E-state index contributed by atoms with van der Waals surface area (Å²) < 4.78 is 12.6. The summed E-state index contributed by atoms with van der Waals surface area (Å²) in [6, 6.07) is 0.243. The van der Waals surface area contributed by atoms with Crippen molar-refractivity contribution in [3.05, 3.63) is 18.3 Å². The first-order valence-corrected chi connectivity index (χ1v) is 6.41. The van der Waals surface area contributed by atoms with E-state index in [4.69, 9.17) is 9.26 Å². The van der Waals surface area contributed by atoms with Crippen LogP contribution in [0, 0.1) is 0 Å². The summed E-state index contributed by atoms with van der Waals surface area (Å²) in [5.41, 5.74) is 0.858. The van der Waals surface area contributed by atoms with Crippen LogP contribution < -0.4 is 5.32 Å². The van der Waals surface area contributed by atoms with Gasteiger partial charge in [0, 0.05) is 19.3 Å². The molecule has 0 radical (unpaired) electrons. The largest absolute Gasteiger partial charge is 0.379 e. The number of aryl methyl sites for hydroxylation is 1. The molecule has 1 N–H and O–H groups in total. The van der Waals surface area contributed by atoms with Crippen molar-refractivity contribution >= 4 is 0 Å². The Hall–Kier alpha value is -1.73. The Morgan fingerprint density at radius 1 is 1.47 bits per heavy atom. The van der Waals surface area contributed by atoms with E-state index in [0.29, 0.717) is 24.9 Å². The zero-order valence-corrected chi connectivity index (χ0v) is 11.0. The molecule has 0 amide bonds. The minimum atomic E-state index is 0.123. The molecule has 0 spiro atoms. The summed E-state index contributed by atoms with van der Waals surface area (Å²) in [6.07, 6.45) is 3.59. The van der Waals surface area contributed by atoms with Crippen molar-refractivity contribution in [2.24, 2.45) is 7.05 Å². The van der Waals surface area contributed by atoms with Gasteiger partial charge < -0.3 is 14.6 Å². The van der Waals surface area contributed by atoms with Gasteiger partial charge in [-0.25, -0.2) is 0 Å². The molecule has 1 saturated heterocycles. The Kier molecular flexibility index (Phi) is 3.31. The smallest absolute Gasteiger partial charge is 0.234 e. The van der Waals surface area contributed by atoms with Gasteiger partial charge in [-0.2, -0.15) is 10.1 Å². The Bertz CT molecular complexity index is 550. The zero-order valence-electron chi connectivity index (χ0n) is 11.0. The predicted molar refractivity (Wildman–Crippen MR) is 67.5 cm³/mol. The molecular weight excluding hydrogens is 246 g/mol. The second-order valence-electron chi connectivity index (χ2n) is 4.67. The van der Waals surface area contributed by atoms with Crippen molar-refractivity contribution in [3.8, 4) is 11.4 Å². The summed E-state index contributed by atoms with van der Waals surface area (Å²) in [5, 5.41) is 11.5. The van der Waals surface area contributed by atoms with E-state index in [1.807, 2.05) is 13.2 Å². The van der Waals surface area contributed by atoms with Gasteiger partial charge in [0.1, 0.15) is 0 Å². The molecule has 19 heavy (non-hydrogen) atoms. The molecule has 1 fully saturated rings. The van der Waals surface area contributed by atoms with E-state index in [-0.39, 0.29) is 12.0 Å². The molecule has 2 aromatic heterocycles. The lowest BCUT2D eigenvalue weighted by Crippen LogP contribution is -2.34. The first-order valence-electron chi connectivity index (χ1n) is 6.41. The average Bonchev–Trinajstić information content (AvgIpc) is 3.07. The number of aromatic nitrogens is 4. The molecular formula is C12H17N5O2. The molecule has 0 bridgehead atoms. The quantitative estimate of drug-likeness (QED) is 0.868. The van der Waals surface area contributed by atoms with Crippen LogP contribution in [0.15, 0.2) is 16.9 Å². The van der Waals surface area contributed by atoms with Crippen LogP contribution in [0.5, 0.6) is 0 Å². The maximum Gasteiger partial charge on any atom is 0.234 e.